The van der Waals surface area contributed by atoms with E-state index in [-0.39, 0.29) is 5.91 Å². The number of H-pyrrole nitrogens is 1. The van der Waals surface area contributed by atoms with E-state index >= 15 is 0 Å². The lowest BCUT2D eigenvalue weighted by atomic mass is 9.92. The summed E-state index contributed by atoms with van der Waals surface area (Å²) >= 11 is 0. The van der Waals surface area contributed by atoms with Crippen LogP contribution in [0.5, 0.6) is 0 Å². The van der Waals surface area contributed by atoms with Crippen molar-refractivity contribution in [3.05, 3.63) is 11.9 Å². The van der Waals surface area contributed by atoms with Crippen LogP contribution in [0.25, 0.3) is 0 Å². The number of rotatable bonds is 4. The predicted octanol–water partition coefficient (Wildman–Crippen LogP) is 1.06. The van der Waals surface area contributed by atoms with Gasteiger partial charge in [0, 0.05) is 32.6 Å². The average Bonchev–Trinajstić information content (AvgIpc) is 3.25. The maximum absolute atomic E-state index is 12.2. The van der Waals surface area contributed by atoms with Crippen molar-refractivity contribution >= 4 is 11.8 Å². The summed E-state index contributed by atoms with van der Waals surface area (Å²) in [5, 5.41) is 9.98. The van der Waals surface area contributed by atoms with Gasteiger partial charge in [0.15, 0.2) is 5.69 Å². The molecule has 3 rings (SSSR count). The molecule has 1 N–H and O–H groups in total. The van der Waals surface area contributed by atoms with Crippen LogP contribution in [0.15, 0.2) is 6.20 Å². The molecule has 0 aliphatic carbocycles. The standard InChI is InChI=1S/C15H23N5O2/c21-14(19-7-1-2-8-19)4-3-12-5-9-20(10-6-12)15(22)13-11-16-18-17-13/h11-12H,1-10H2,(H,16,17,18). The first kappa shape index (κ1) is 15.0. The molecule has 0 unspecified atom stereocenters. The Balaban J connectivity index is 1.40. The van der Waals surface area contributed by atoms with Crippen LogP contribution < -0.4 is 0 Å². The third-order valence-electron chi connectivity index (χ3n) is 4.76. The van der Waals surface area contributed by atoms with Crippen molar-refractivity contribution in [3.8, 4) is 0 Å². The Bertz CT molecular complexity index is 502. The second-order valence-corrected chi connectivity index (χ2v) is 6.22. The van der Waals surface area contributed by atoms with Crippen LogP contribution in [0.4, 0.5) is 0 Å². The van der Waals surface area contributed by atoms with Crippen molar-refractivity contribution in [1.82, 2.24) is 25.2 Å². The Labute approximate surface area is 130 Å². The molecule has 22 heavy (non-hydrogen) atoms. The van der Waals surface area contributed by atoms with Gasteiger partial charge in [-0.25, -0.2) is 0 Å². The number of hydrogen-bond donors (Lipinski definition) is 1. The van der Waals surface area contributed by atoms with Gasteiger partial charge in [-0.05, 0) is 38.0 Å². The molecular weight excluding hydrogens is 282 g/mol. The van der Waals surface area contributed by atoms with E-state index in [2.05, 4.69) is 15.4 Å². The predicted molar refractivity (Wildman–Crippen MR) is 80.1 cm³/mol. The molecule has 0 atom stereocenters. The molecule has 2 saturated heterocycles. The minimum atomic E-state index is -0.0552. The van der Waals surface area contributed by atoms with Crippen LogP contribution >= 0.6 is 0 Å². The lowest BCUT2D eigenvalue weighted by Crippen LogP contribution is -2.39. The van der Waals surface area contributed by atoms with Crippen LogP contribution in [0.1, 0.15) is 49.0 Å². The number of hydrogen-bond acceptors (Lipinski definition) is 4. The van der Waals surface area contributed by atoms with Gasteiger partial charge < -0.3 is 9.80 Å². The van der Waals surface area contributed by atoms with Crippen molar-refractivity contribution < 1.29 is 9.59 Å². The maximum atomic E-state index is 12.2. The summed E-state index contributed by atoms with van der Waals surface area (Å²) in [7, 11) is 0. The summed E-state index contributed by atoms with van der Waals surface area (Å²) in [6, 6.07) is 0. The summed E-state index contributed by atoms with van der Waals surface area (Å²) in [6.07, 6.45) is 7.29. The lowest BCUT2D eigenvalue weighted by Gasteiger charge is -2.31. The van der Waals surface area contributed by atoms with Gasteiger partial charge in [-0.15, -0.1) is 0 Å². The van der Waals surface area contributed by atoms with Crippen LogP contribution in [-0.2, 0) is 4.79 Å². The number of likely N-dealkylation sites (tertiary alicyclic amines) is 2. The van der Waals surface area contributed by atoms with E-state index in [0.717, 1.165) is 58.3 Å². The first-order valence-corrected chi connectivity index (χ1v) is 8.17. The van der Waals surface area contributed by atoms with Crippen LogP contribution in [-0.4, -0.2) is 63.2 Å². The molecule has 3 heterocycles. The molecular formula is C15H23N5O2. The minimum Gasteiger partial charge on any atom is -0.343 e. The quantitative estimate of drug-likeness (QED) is 0.901. The van der Waals surface area contributed by atoms with E-state index in [1.807, 2.05) is 9.80 Å². The molecule has 2 fully saturated rings. The van der Waals surface area contributed by atoms with Gasteiger partial charge in [0.2, 0.25) is 5.91 Å². The Morgan fingerprint density at radius 2 is 1.86 bits per heavy atom. The molecule has 2 aliphatic rings. The second-order valence-electron chi connectivity index (χ2n) is 6.22. The van der Waals surface area contributed by atoms with Gasteiger partial charge in [0.25, 0.3) is 5.91 Å². The Morgan fingerprint density at radius 3 is 2.50 bits per heavy atom. The fraction of sp³-hybridized carbons (Fsp3) is 0.733. The zero-order valence-corrected chi connectivity index (χ0v) is 12.8. The molecule has 0 bridgehead atoms. The molecule has 7 nitrogen and oxygen atoms in total. The van der Waals surface area contributed by atoms with E-state index in [1.54, 1.807) is 0 Å². The SMILES string of the molecule is O=C(CCC1CCN(C(=O)c2cn[nH]n2)CC1)N1CCCC1. The van der Waals surface area contributed by atoms with Crippen molar-refractivity contribution in [2.75, 3.05) is 26.2 Å². The van der Waals surface area contributed by atoms with Gasteiger partial charge in [-0.1, -0.05) is 0 Å². The summed E-state index contributed by atoms with van der Waals surface area (Å²) in [4.78, 5) is 28.0. The molecule has 0 radical (unpaired) electrons. The minimum absolute atomic E-state index is 0.0552. The fourth-order valence-electron chi connectivity index (χ4n) is 3.34. The Hall–Kier alpha value is -1.92. The molecule has 1 aromatic rings. The van der Waals surface area contributed by atoms with Gasteiger partial charge in [0.05, 0.1) is 6.20 Å². The lowest BCUT2D eigenvalue weighted by molar-refractivity contribution is -0.130. The highest BCUT2D eigenvalue weighted by molar-refractivity contribution is 5.91. The zero-order valence-electron chi connectivity index (χ0n) is 12.8. The molecule has 0 spiro atoms. The van der Waals surface area contributed by atoms with Crippen LogP contribution in [0, 0.1) is 5.92 Å². The topological polar surface area (TPSA) is 82.2 Å². The molecule has 2 amide bonds. The smallest absolute Gasteiger partial charge is 0.276 e. The maximum Gasteiger partial charge on any atom is 0.276 e. The highest BCUT2D eigenvalue weighted by Gasteiger charge is 2.26. The first-order chi connectivity index (χ1) is 10.7. The summed E-state index contributed by atoms with van der Waals surface area (Å²) in [5.41, 5.74) is 0.377. The van der Waals surface area contributed by atoms with Crippen LogP contribution in [0.2, 0.25) is 0 Å². The average molecular weight is 305 g/mol. The molecule has 2 aliphatic heterocycles. The monoisotopic (exact) mass is 305 g/mol. The molecule has 0 aromatic carbocycles. The van der Waals surface area contributed by atoms with Gasteiger partial charge in [-0.2, -0.15) is 15.4 Å². The number of amides is 2. The first-order valence-electron chi connectivity index (χ1n) is 8.17. The van der Waals surface area contributed by atoms with Gasteiger partial charge in [0.1, 0.15) is 0 Å². The number of carbonyl (C=O) groups is 2. The van der Waals surface area contributed by atoms with E-state index in [0.29, 0.717) is 23.9 Å². The van der Waals surface area contributed by atoms with Gasteiger partial charge >= 0.3 is 0 Å². The number of piperidine rings is 1. The fourth-order valence-corrected chi connectivity index (χ4v) is 3.34. The zero-order chi connectivity index (χ0) is 15.4. The third-order valence-corrected chi connectivity index (χ3v) is 4.76. The largest absolute Gasteiger partial charge is 0.343 e. The molecule has 0 saturated carbocycles. The summed E-state index contributed by atoms with van der Waals surface area (Å²) in [6.45, 7) is 3.36. The number of nitrogens with one attached hydrogen (secondary N) is 1. The molecule has 1 aromatic heterocycles. The number of aromatic nitrogens is 3. The van der Waals surface area contributed by atoms with Crippen molar-refractivity contribution in [2.45, 2.75) is 38.5 Å². The Morgan fingerprint density at radius 1 is 1.14 bits per heavy atom. The third kappa shape index (κ3) is 3.45. The second kappa shape index (κ2) is 6.89. The summed E-state index contributed by atoms with van der Waals surface area (Å²) < 4.78 is 0. The number of nitrogens with zero attached hydrogens (tertiary/aromatic N) is 4. The number of carbonyl (C=O) groups excluding carboxylic acids is 2. The van der Waals surface area contributed by atoms with E-state index in [4.69, 9.17) is 0 Å². The Kier molecular flexibility index (Phi) is 4.70. The van der Waals surface area contributed by atoms with Crippen molar-refractivity contribution in [1.29, 1.82) is 0 Å². The highest BCUT2D eigenvalue weighted by Crippen LogP contribution is 2.23. The van der Waals surface area contributed by atoms with E-state index in [9.17, 15) is 9.59 Å². The molecule has 120 valence electrons. The van der Waals surface area contributed by atoms with Gasteiger partial charge in [-0.3, -0.25) is 9.59 Å². The normalized spacial score (nSPS) is 19.6. The highest BCUT2D eigenvalue weighted by atomic mass is 16.2. The number of aromatic amines is 1. The summed E-state index contributed by atoms with van der Waals surface area (Å²) in [5.74, 6) is 0.798. The van der Waals surface area contributed by atoms with E-state index in [1.165, 1.54) is 6.20 Å². The van der Waals surface area contributed by atoms with Crippen molar-refractivity contribution in [3.63, 3.8) is 0 Å². The van der Waals surface area contributed by atoms with Crippen LogP contribution in [0.3, 0.4) is 0 Å². The van der Waals surface area contributed by atoms with Crippen molar-refractivity contribution in [2.24, 2.45) is 5.92 Å². The van der Waals surface area contributed by atoms with E-state index < -0.39 is 0 Å². The molecule has 7 heteroatoms.